The lowest BCUT2D eigenvalue weighted by Gasteiger charge is -2.08. The molecule has 19 heavy (non-hydrogen) atoms. The van der Waals surface area contributed by atoms with Crippen LogP contribution >= 0.6 is 11.6 Å². The summed E-state index contributed by atoms with van der Waals surface area (Å²) in [7, 11) is 0. The molecule has 0 aliphatic rings. The fourth-order valence-corrected chi connectivity index (χ4v) is 1.56. The second-order valence-electron chi connectivity index (χ2n) is 3.64. The van der Waals surface area contributed by atoms with Gasteiger partial charge in [-0.2, -0.15) is 0 Å². The summed E-state index contributed by atoms with van der Waals surface area (Å²) in [5.41, 5.74) is 5.27. The summed E-state index contributed by atoms with van der Waals surface area (Å²) >= 11 is 5.40. The number of nitrogens with one attached hydrogen (secondary N) is 1. The van der Waals surface area contributed by atoms with E-state index in [-0.39, 0.29) is 11.5 Å². The fraction of sp³-hybridized carbons (Fsp3) is 0. The minimum atomic E-state index is -0.925. The first-order valence-electron chi connectivity index (χ1n) is 5.15. The molecular weight excluding hydrogens is 276 g/mol. The fourth-order valence-electron chi connectivity index (χ4n) is 1.41. The van der Waals surface area contributed by atoms with Gasteiger partial charge in [-0.25, -0.2) is 13.8 Å². The van der Waals surface area contributed by atoms with Gasteiger partial charge in [-0.3, -0.25) is 4.79 Å². The number of carbonyl (C=O) groups is 1. The molecule has 0 unspecified atom stereocenters. The molecule has 0 radical (unpaired) electrons. The van der Waals surface area contributed by atoms with Gasteiger partial charge in [0, 0.05) is 6.20 Å². The van der Waals surface area contributed by atoms with Crippen LogP contribution < -0.4 is 11.1 Å². The Labute approximate surface area is 112 Å². The van der Waals surface area contributed by atoms with Crippen molar-refractivity contribution < 1.29 is 13.6 Å². The Morgan fingerprint density at radius 1 is 1.32 bits per heavy atom. The highest BCUT2D eigenvalue weighted by Gasteiger charge is 2.16. The van der Waals surface area contributed by atoms with Crippen molar-refractivity contribution in [3.05, 3.63) is 52.7 Å². The monoisotopic (exact) mass is 283 g/mol. The number of pyridine rings is 1. The number of benzene rings is 1. The largest absolute Gasteiger partial charge is 0.382 e. The summed E-state index contributed by atoms with van der Waals surface area (Å²) in [6.07, 6.45) is 1.44. The first-order chi connectivity index (χ1) is 8.99. The van der Waals surface area contributed by atoms with Crippen LogP contribution in [0.2, 0.25) is 5.02 Å². The minimum absolute atomic E-state index is 0.0747. The molecule has 1 amide bonds. The molecule has 0 atom stereocenters. The maximum atomic E-state index is 13.5. The standard InChI is InChI=1S/C12H8ClF2N3O/c13-7-5-8(14)6(4-9(7)15)12(19)18-10-2-1-3-17-11(10)16/h1-5H,(H2,16,17)(H,18,19). The van der Waals surface area contributed by atoms with Crippen molar-refractivity contribution in [3.63, 3.8) is 0 Å². The van der Waals surface area contributed by atoms with Crippen LogP contribution in [0, 0.1) is 11.6 Å². The number of hydrogen-bond acceptors (Lipinski definition) is 3. The molecule has 2 aromatic rings. The summed E-state index contributed by atoms with van der Waals surface area (Å²) in [6.45, 7) is 0. The molecule has 0 saturated heterocycles. The molecule has 98 valence electrons. The number of rotatable bonds is 2. The minimum Gasteiger partial charge on any atom is -0.382 e. The first kappa shape index (κ1) is 13.2. The number of aromatic nitrogens is 1. The third-order valence-corrected chi connectivity index (χ3v) is 2.63. The Morgan fingerprint density at radius 2 is 2.05 bits per heavy atom. The number of carbonyl (C=O) groups excluding carboxylic acids is 1. The molecule has 0 spiro atoms. The molecular formula is C12H8ClF2N3O. The van der Waals surface area contributed by atoms with Crippen molar-refractivity contribution in [1.29, 1.82) is 0 Å². The average Bonchev–Trinajstić information content (AvgIpc) is 2.36. The Bertz CT molecular complexity index is 649. The Balaban J connectivity index is 2.31. The van der Waals surface area contributed by atoms with Crippen molar-refractivity contribution in [2.24, 2.45) is 0 Å². The van der Waals surface area contributed by atoms with Gasteiger partial charge in [0.2, 0.25) is 0 Å². The number of anilines is 2. The number of amides is 1. The Hall–Kier alpha value is -2.21. The molecule has 1 aromatic heterocycles. The van der Waals surface area contributed by atoms with E-state index in [0.29, 0.717) is 0 Å². The second kappa shape index (κ2) is 5.19. The summed E-state index contributed by atoms with van der Waals surface area (Å²) in [6, 6.07) is 4.49. The van der Waals surface area contributed by atoms with Gasteiger partial charge in [0.25, 0.3) is 5.91 Å². The van der Waals surface area contributed by atoms with Crippen molar-refractivity contribution in [1.82, 2.24) is 4.98 Å². The van der Waals surface area contributed by atoms with Gasteiger partial charge >= 0.3 is 0 Å². The molecule has 2 rings (SSSR count). The van der Waals surface area contributed by atoms with Crippen LogP contribution in [0.15, 0.2) is 30.5 Å². The highest BCUT2D eigenvalue weighted by Crippen LogP contribution is 2.21. The van der Waals surface area contributed by atoms with Crippen molar-refractivity contribution in [3.8, 4) is 0 Å². The zero-order valence-corrected chi connectivity index (χ0v) is 10.2. The number of nitrogens with zero attached hydrogens (tertiary/aromatic N) is 1. The van der Waals surface area contributed by atoms with Crippen molar-refractivity contribution >= 4 is 29.0 Å². The molecule has 0 saturated carbocycles. The highest BCUT2D eigenvalue weighted by molar-refractivity contribution is 6.30. The van der Waals surface area contributed by atoms with Crippen LogP contribution in [0.1, 0.15) is 10.4 Å². The molecule has 0 fully saturated rings. The lowest BCUT2D eigenvalue weighted by atomic mass is 10.2. The van der Waals surface area contributed by atoms with E-state index < -0.39 is 28.1 Å². The van der Waals surface area contributed by atoms with E-state index in [1.165, 1.54) is 12.3 Å². The smallest absolute Gasteiger partial charge is 0.258 e. The van der Waals surface area contributed by atoms with E-state index in [2.05, 4.69) is 10.3 Å². The van der Waals surface area contributed by atoms with E-state index in [4.69, 9.17) is 17.3 Å². The number of hydrogen-bond donors (Lipinski definition) is 2. The van der Waals surface area contributed by atoms with Crippen LogP contribution in [-0.2, 0) is 0 Å². The summed E-state index contributed by atoms with van der Waals surface area (Å²) in [4.78, 5) is 15.6. The summed E-state index contributed by atoms with van der Waals surface area (Å²) in [5.74, 6) is -2.57. The van der Waals surface area contributed by atoms with Gasteiger partial charge < -0.3 is 11.1 Å². The zero-order valence-electron chi connectivity index (χ0n) is 9.45. The number of nitrogen functional groups attached to an aromatic ring is 1. The molecule has 1 heterocycles. The molecule has 4 nitrogen and oxygen atoms in total. The van der Waals surface area contributed by atoms with Crippen LogP contribution in [0.25, 0.3) is 0 Å². The van der Waals surface area contributed by atoms with Gasteiger partial charge in [0.15, 0.2) is 0 Å². The molecule has 0 aliphatic carbocycles. The lowest BCUT2D eigenvalue weighted by Crippen LogP contribution is -2.15. The van der Waals surface area contributed by atoms with Crippen LogP contribution in [0.4, 0.5) is 20.3 Å². The van der Waals surface area contributed by atoms with Crippen molar-refractivity contribution in [2.45, 2.75) is 0 Å². The summed E-state index contributed by atoms with van der Waals surface area (Å²) < 4.78 is 26.7. The number of nitrogens with two attached hydrogens (primary N) is 1. The summed E-state index contributed by atoms with van der Waals surface area (Å²) in [5, 5.41) is 1.94. The normalized spacial score (nSPS) is 10.3. The second-order valence-corrected chi connectivity index (χ2v) is 4.04. The highest BCUT2D eigenvalue weighted by atomic mass is 35.5. The predicted molar refractivity (Wildman–Crippen MR) is 68.0 cm³/mol. The molecule has 3 N–H and O–H groups in total. The van der Waals surface area contributed by atoms with Gasteiger partial charge in [-0.1, -0.05) is 11.6 Å². The Kier molecular flexibility index (Phi) is 3.62. The molecule has 0 aliphatic heterocycles. The average molecular weight is 284 g/mol. The van der Waals surface area contributed by atoms with Gasteiger partial charge in [0.05, 0.1) is 16.3 Å². The number of halogens is 3. The van der Waals surface area contributed by atoms with E-state index >= 15 is 0 Å². The van der Waals surface area contributed by atoms with E-state index in [9.17, 15) is 13.6 Å². The quantitative estimate of drug-likeness (QED) is 0.833. The molecule has 7 heteroatoms. The maximum Gasteiger partial charge on any atom is 0.258 e. The molecule has 1 aromatic carbocycles. The SMILES string of the molecule is Nc1ncccc1NC(=O)c1cc(F)c(Cl)cc1F. The van der Waals surface area contributed by atoms with E-state index in [0.717, 1.165) is 12.1 Å². The van der Waals surface area contributed by atoms with Crippen LogP contribution in [0.5, 0.6) is 0 Å². The van der Waals surface area contributed by atoms with Gasteiger partial charge in [0.1, 0.15) is 17.5 Å². The van der Waals surface area contributed by atoms with Gasteiger partial charge in [-0.05, 0) is 24.3 Å². The third-order valence-electron chi connectivity index (χ3n) is 2.34. The Morgan fingerprint density at radius 3 is 2.74 bits per heavy atom. The van der Waals surface area contributed by atoms with Gasteiger partial charge in [-0.15, -0.1) is 0 Å². The topological polar surface area (TPSA) is 68.0 Å². The van der Waals surface area contributed by atoms with Crippen molar-refractivity contribution in [2.75, 3.05) is 11.1 Å². The van der Waals surface area contributed by atoms with E-state index in [1.807, 2.05) is 0 Å². The predicted octanol–water partition coefficient (Wildman–Crippen LogP) is 2.85. The lowest BCUT2D eigenvalue weighted by molar-refractivity contribution is 0.102. The van der Waals surface area contributed by atoms with E-state index in [1.54, 1.807) is 6.07 Å². The van der Waals surface area contributed by atoms with Crippen LogP contribution in [-0.4, -0.2) is 10.9 Å². The molecule has 0 bridgehead atoms. The zero-order chi connectivity index (χ0) is 14.0. The maximum absolute atomic E-state index is 13.5. The first-order valence-corrected chi connectivity index (χ1v) is 5.53. The van der Waals surface area contributed by atoms with Crippen LogP contribution in [0.3, 0.4) is 0 Å². The third kappa shape index (κ3) is 2.79.